The minimum atomic E-state index is 0.442. The third-order valence-corrected chi connectivity index (χ3v) is 2.67. The number of hydrogen-bond donors (Lipinski definition) is 1. The van der Waals surface area contributed by atoms with Crippen LogP contribution in [-0.2, 0) is 4.74 Å². The lowest BCUT2D eigenvalue weighted by Crippen LogP contribution is -2.28. The fourth-order valence-corrected chi connectivity index (χ4v) is 1.76. The molecule has 0 amide bonds. The molecule has 0 unspecified atom stereocenters. The summed E-state index contributed by atoms with van der Waals surface area (Å²) in [5.74, 6) is 1.47. The predicted octanol–water partition coefficient (Wildman–Crippen LogP) is 1.86. The topological polar surface area (TPSA) is 56.3 Å². The van der Waals surface area contributed by atoms with Crippen LogP contribution in [0.1, 0.15) is 26.2 Å². The van der Waals surface area contributed by atoms with Crippen molar-refractivity contribution < 1.29 is 9.47 Å². The quantitative estimate of drug-likeness (QED) is 0.847. The van der Waals surface area contributed by atoms with Crippen molar-refractivity contribution in [2.75, 3.05) is 25.1 Å². The maximum absolute atomic E-state index is 5.47. The van der Waals surface area contributed by atoms with Gasteiger partial charge in [0.25, 0.3) is 0 Å². The van der Waals surface area contributed by atoms with Crippen LogP contribution in [0.2, 0.25) is 0 Å². The number of nitrogens with zero attached hydrogens (tertiary/aromatic N) is 2. The molecule has 1 aromatic heterocycles. The first-order chi connectivity index (χ1) is 8.38. The Morgan fingerprint density at radius 1 is 1.41 bits per heavy atom. The van der Waals surface area contributed by atoms with Gasteiger partial charge in [-0.15, -0.1) is 0 Å². The molecule has 0 aliphatic carbocycles. The molecule has 1 N–H and O–H groups in total. The van der Waals surface area contributed by atoms with E-state index >= 15 is 0 Å². The van der Waals surface area contributed by atoms with E-state index in [-0.39, 0.29) is 0 Å². The Labute approximate surface area is 102 Å². The van der Waals surface area contributed by atoms with Gasteiger partial charge in [0, 0.05) is 25.3 Å². The van der Waals surface area contributed by atoms with Gasteiger partial charge >= 0.3 is 0 Å². The minimum absolute atomic E-state index is 0.442. The monoisotopic (exact) mass is 237 g/mol. The third kappa shape index (κ3) is 3.85. The first-order valence-electron chi connectivity index (χ1n) is 6.17. The average Bonchev–Trinajstić information content (AvgIpc) is 2.38. The molecule has 1 saturated heterocycles. The Hall–Kier alpha value is -1.36. The second-order valence-electron chi connectivity index (χ2n) is 4.12. The van der Waals surface area contributed by atoms with Gasteiger partial charge in [0.1, 0.15) is 12.1 Å². The molecule has 0 saturated carbocycles. The highest BCUT2D eigenvalue weighted by Crippen LogP contribution is 2.16. The molecule has 1 aliphatic rings. The molecule has 0 spiro atoms. The number of rotatable bonds is 5. The van der Waals surface area contributed by atoms with Crippen LogP contribution in [0.5, 0.6) is 5.88 Å². The van der Waals surface area contributed by atoms with Gasteiger partial charge in [0.2, 0.25) is 5.88 Å². The number of hydrogen-bond acceptors (Lipinski definition) is 5. The highest BCUT2D eigenvalue weighted by atomic mass is 16.5. The summed E-state index contributed by atoms with van der Waals surface area (Å²) in [5, 5.41) is 3.39. The zero-order valence-electron chi connectivity index (χ0n) is 10.2. The molecule has 2 heterocycles. The molecule has 0 atom stereocenters. The summed E-state index contributed by atoms with van der Waals surface area (Å²) in [7, 11) is 0. The Morgan fingerprint density at radius 3 is 3.00 bits per heavy atom. The third-order valence-electron chi connectivity index (χ3n) is 2.67. The number of aromatic nitrogens is 2. The summed E-state index contributed by atoms with van der Waals surface area (Å²) < 4.78 is 10.8. The second kappa shape index (κ2) is 6.39. The Bertz CT molecular complexity index is 340. The van der Waals surface area contributed by atoms with E-state index in [0.717, 1.165) is 38.3 Å². The molecule has 2 rings (SSSR count). The van der Waals surface area contributed by atoms with E-state index in [2.05, 4.69) is 22.2 Å². The van der Waals surface area contributed by atoms with E-state index in [9.17, 15) is 0 Å². The maximum Gasteiger partial charge on any atom is 0.218 e. The van der Waals surface area contributed by atoms with Gasteiger partial charge in [-0.1, -0.05) is 6.92 Å². The van der Waals surface area contributed by atoms with Gasteiger partial charge < -0.3 is 14.8 Å². The van der Waals surface area contributed by atoms with Crippen LogP contribution in [0.4, 0.5) is 5.82 Å². The van der Waals surface area contributed by atoms with Gasteiger partial charge in [-0.2, -0.15) is 0 Å². The summed E-state index contributed by atoms with van der Waals surface area (Å²) in [6.45, 7) is 4.40. The molecule has 0 bridgehead atoms. The molecule has 1 aliphatic heterocycles. The summed E-state index contributed by atoms with van der Waals surface area (Å²) >= 11 is 0. The number of ether oxygens (including phenoxy) is 2. The van der Waals surface area contributed by atoms with Crippen LogP contribution in [0.3, 0.4) is 0 Å². The van der Waals surface area contributed by atoms with E-state index in [1.54, 1.807) is 0 Å². The van der Waals surface area contributed by atoms with Crippen LogP contribution >= 0.6 is 0 Å². The van der Waals surface area contributed by atoms with Gasteiger partial charge in [-0.05, 0) is 19.3 Å². The van der Waals surface area contributed by atoms with Crippen LogP contribution < -0.4 is 10.1 Å². The van der Waals surface area contributed by atoms with Crippen molar-refractivity contribution in [3.8, 4) is 5.88 Å². The molecular formula is C12H19N3O2. The van der Waals surface area contributed by atoms with Gasteiger partial charge in [0.05, 0.1) is 6.61 Å². The summed E-state index contributed by atoms with van der Waals surface area (Å²) in [6, 6.07) is 2.29. The van der Waals surface area contributed by atoms with Crippen molar-refractivity contribution in [1.82, 2.24) is 9.97 Å². The predicted molar refractivity (Wildman–Crippen MR) is 65.3 cm³/mol. The largest absolute Gasteiger partial charge is 0.478 e. The number of nitrogens with one attached hydrogen (secondary N) is 1. The van der Waals surface area contributed by atoms with Crippen LogP contribution in [0.25, 0.3) is 0 Å². The van der Waals surface area contributed by atoms with Crippen molar-refractivity contribution in [2.24, 2.45) is 0 Å². The first-order valence-corrected chi connectivity index (χ1v) is 6.17. The molecule has 17 heavy (non-hydrogen) atoms. The van der Waals surface area contributed by atoms with Crippen molar-refractivity contribution >= 4 is 5.82 Å². The zero-order valence-corrected chi connectivity index (χ0v) is 10.2. The standard InChI is InChI=1S/C12H19N3O2/c1-2-5-17-12-8-11(13-9-14-12)15-10-3-6-16-7-4-10/h8-10H,2-7H2,1H3,(H,13,14,15). The summed E-state index contributed by atoms with van der Waals surface area (Å²) in [4.78, 5) is 8.27. The fourth-order valence-electron chi connectivity index (χ4n) is 1.76. The molecule has 0 radical (unpaired) electrons. The maximum atomic E-state index is 5.47. The minimum Gasteiger partial charge on any atom is -0.478 e. The van der Waals surface area contributed by atoms with Crippen molar-refractivity contribution in [3.05, 3.63) is 12.4 Å². The van der Waals surface area contributed by atoms with Gasteiger partial charge in [-0.25, -0.2) is 9.97 Å². The highest BCUT2D eigenvalue weighted by molar-refractivity contribution is 5.38. The highest BCUT2D eigenvalue weighted by Gasteiger charge is 2.14. The van der Waals surface area contributed by atoms with Crippen molar-refractivity contribution in [1.29, 1.82) is 0 Å². The molecular weight excluding hydrogens is 218 g/mol. The molecule has 5 heteroatoms. The lowest BCUT2D eigenvalue weighted by Gasteiger charge is -2.23. The second-order valence-corrected chi connectivity index (χ2v) is 4.12. The Morgan fingerprint density at radius 2 is 2.24 bits per heavy atom. The van der Waals surface area contributed by atoms with E-state index in [0.29, 0.717) is 18.5 Å². The van der Waals surface area contributed by atoms with Crippen LogP contribution in [0, 0.1) is 0 Å². The molecule has 1 fully saturated rings. The van der Waals surface area contributed by atoms with Gasteiger partial charge in [-0.3, -0.25) is 0 Å². The average molecular weight is 237 g/mol. The molecule has 5 nitrogen and oxygen atoms in total. The fraction of sp³-hybridized carbons (Fsp3) is 0.667. The molecule has 0 aromatic carbocycles. The normalized spacial score (nSPS) is 16.8. The SMILES string of the molecule is CCCOc1cc(NC2CCOCC2)ncn1. The van der Waals surface area contributed by atoms with Crippen LogP contribution in [0.15, 0.2) is 12.4 Å². The first kappa shape index (κ1) is 12.1. The number of anilines is 1. The zero-order chi connectivity index (χ0) is 11.9. The smallest absolute Gasteiger partial charge is 0.218 e. The lowest BCUT2D eigenvalue weighted by atomic mass is 10.1. The van der Waals surface area contributed by atoms with Crippen molar-refractivity contribution in [2.45, 2.75) is 32.2 Å². The Kier molecular flexibility index (Phi) is 4.55. The Balaban J connectivity index is 1.90. The van der Waals surface area contributed by atoms with Crippen molar-refractivity contribution in [3.63, 3.8) is 0 Å². The van der Waals surface area contributed by atoms with Gasteiger partial charge in [0.15, 0.2) is 0 Å². The molecule has 94 valence electrons. The van der Waals surface area contributed by atoms with E-state index in [1.165, 1.54) is 6.33 Å². The molecule has 1 aromatic rings. The van der Waals surface area contributed by atoms with E-state index in [1.807, 2.05) is 6.07 Å². The summed E-state index contributed by atoms with van der Waals surface area (Å²) in [5.41, 5.74) is 0. The van der Waals surface area contributed by atoms with E-state index < -0.39 is 0 Å². The van der Waals surface area contributed by atoms with Crippen LogP contribution in [-0.4, -0.2) is 35.8 Å². The summed E-state index contributed by atoms with van der Waals surface area (Å²) in [6.07, 6.45) is 4.56. The van der Waals surface area contributed by atoms with E-state index in [4.69, 9.17) is 9.47 Å². The lowest BCUT2D eigenvalue weighted by molar-refractivity contribution is 0.0904.